The van der Waals surface area contributed by atoms with Gasteiger partial charge in [-0.1, -0.05) is 72.8 Å². The number of carbonyl (C=O) groups excluding carboxylic acids is 2. The first-order chi connectivity index (χ1) is 17.0. The Balaban J connectivity index is 1.25. The number of carboxylic acid groups (broad SMARTS) is 1. The molecule has 0 bridgehead atoms. The van der Waals surface area contributed by atoms with Gasteiger partial charge in [-0.3, -0.25) is 4.79 Å². The highest BCUT2D eigenvalue weighted by molar-refractivity contribution is 5.90. The van der Waals surface area contributed by atoms with E-state index in [9.17, 15) is 19.5 Å². The maximum Gasteiger partial charge on any atom is 0.407 e. The minimum absolute atomic E-state index is 0.0888. The SMILES string of the molecule is C[C@H](NC(=O)OCC1c2ccccc2-c2ccccc21)C(=O)N1CCc2ccccc2C1C(=O)O. The molecule has 7 heteroatoms. The summed E-state index contributed by atoms with van der Waals surface area (Å²) in [6.07, 6.45) is -0.152. The van der Waals surface area contributed by atoms with Crippen molar-refractivity contribution >= 4 is 18.0 Å². The Morgan fingerprint density at radius 1 is 0.943 bits per heavy atom. The summed E-state index contributed by atoms with van der Waals surface area (Å²) >= 11 is 0. The molecule has 178 valence electrons. The Kier molecular flexibility index (Phi) is 5.99. The number of ether oxygens (including phenoxy) is 1. The number of carbonyl (C=O) groups is 3. The molecule has 0 saturated carbocycles. The van der Waals surface area contributed by atoms with Crippen molar-refractivity contribution in [2.24, 2.45) is 0 Å². The van der Waals surface area contributed by atoms with Crippen LogP contribution >= 0.6 is 0 Å². The third-order valence-corrected chi connectivity index (χ3v) is 6.85. The second kappa shape index (κ2) is 9.25. The van der Waals surface area contributed by atoms with Gasteiger partial charge in [-0.05, 0) is 46.7 Å². The van der Waals surface area contributed by atoms with Gasteiger partial charge < -0.3 is 20.1 Å². The van der Waals surface area contributed by atoms with E-state index in [2.05, 4.69) is 17.4 Å². The molecule has 0 spiro atoms. The van der Waals surface area contributed by atoms with Crippen LogP contribution < -0.4 is 5.32 Å². The van der Waals surface area contributed by atoms with Gasteiger partial charge in [-0.15, -0.1) is 0 Å². The van der Waals surface area contributed by atoms with Crippen LogP contribution in [0.25, 0.3) is 11.1 Å². The molecule has 0 aromatic heterocycles. The Bertz CT molecular complexity index is 1260. The maximum atomic E-state index is 13.1. The lowest BCUT2D eigenvalue weighted by molar-refractivity contribution is -0.151. The van der Waals surface area contributed by atoms with Gasteiger partial charge >= 0.3 is 12.1 Å². The molecule has 1 heterocycles. The molecule has 3 aromatic rings. The van der Waals surface area contributed by atoms with Gasteiger partial charge in [0.1, 0.15) is 12.6 Å². The van der Waals surface area contributed by atoms with Gasteiger partial charge in [0.25, 0.3) is 0 Å². The van der Waals surface area contributed by atoms with E-state index in [1.165, 1.54) is 4.90 Å². The van der Waals surface area contributed by atoms with E-state index < -0.39 is 30.1 Å². The van der Waals surface area contributed by atoms with Gasteiger partial charge in [0.15, 0.2) is 6.04 Å². The van der Waals surface area contributed by atoms with Gasteiger partial charge in [0.05, 0.1) is 0 Å². The van der Waals surface area contributed by atoms with Crippen LogP contribution in [-0.2, 0) is 20.7 Å². The molecule has 2 amide bonds. The largest absolute Gasteiger partial charge is 0.479 e. The topological polar surface area (TPSA) is 95.9 Å². The zero-order valence-electron chi connectivity index (χ0n) is 19.3. The van der Waals surface area contributed by atoms with Gasteiger partial charge in [0, 0.05) is 12.5 Å². The number of benzene rings is 3. The standard InChI is InChI=1S/C28H26N2O5/c1-17(26(31)30-15-14-18-8-2-3-9-19(18)25(30)27(32)33)29-28(34)35-16-24-22-12-6-4-10-20(22)21-11-5-7-13-23(21)24/h2-13,17,24-25H,14-16H2,1H3,(H,29,34)(H,32,33)/t17-,25?/m0/s1. The van der Waals surface area contributed by atoms with Gasteiger partial charge in [0.2, 0.25) is 5.91 Å². The third-order valence-electron chi connectivity index (χ3n) is 6.85. The number of rotatable bonds is 5. The first kappa shape index (κ1) is 22.7. The average Bonchev–Trinajstić information content (AvgIpc) is 3.19. The second-order valence-corrected chi connectivity index (χ2v) is 8.91. The summed E-state index contributed by atoms with van der Waals surface area (Å²) in [6, 6.07) is 21.3. The number of carboxylic acids is 1. The van der Waals surface area contributed by atoms with Crippen molar-refractivity contribution in [3.8, 4) is 11.1 Å². The van der Waals surface area contributed by atoms with E-state index in [1.54, 1.807) is 19.1 Å². The lowest BCUT2D eigenvalue weighted by Gasteiger charge is -2.36. The summed E-state index contributed by atoms with van der Waals surface area (Å²) in [5.41, 5.74) is 5.98. The summed E-state index contributed by atoms with van der Waals surface area (Å²) in [5.74, 6) is -1.65. The Morgan fingerprint density at radius 3 is 2.14 bits per heavy atom. The average molecular weight is 471 g/mol. The predicted molar refractivity (Wildman–Crippen MR) is 130 cm³/mol. The fourth-order valence-electron chi connectivity index (χ4n) is 5.20. The summed E-state index contributed by atoms with van der Waals surface area (Å²) < 4.78 is 5.54. The number of amides is 2. The number of nitrogens with one attached hydrogen (secondary N) is 1. The number of hydrogen-bond acceptors (Lipinski definition) is 4. The lowest BCUT2D eigenvalue weighted by Crippen LogP contribution is -2.51. The molecule has 1 aliphatic heterocycles. The molecule has 1 unspecified atom stereocenters. The summed E-state index contributed by atoms with van der Waals surface area (Å²) in [5, 5.41) is 12.4. The van der Waals surface area contributed by atoms with Crippen molar-refractivity contribution in [3.63, 3.8) is 0 Å². The molecule has 0 fully saturated rings. The number of hydrogen-bond donors (Lipinski definition) is 2. The molecule has 2 atom stereocenters. The van der Waals surface area contributed by atoms with Crippen LogP contribution in [0.4, 0.5) is 4.79 Å². The van der Waals surface area contributed by atoms with Crippen molar-refractivity contribution in [2.45, 2.75) is 31.3 Å². The zero-order valence-corrected chi connectivity index (χ0v) is 19.3. The van der Waals surface area contributed by atoms with Gasteiger partial charge in [-0.2, -0.15) is 0 Å². The van der Waals surface area contributed by atoms with Crippen LogP contribution in [0.15, 0.2) is 72.8 Å². The Hall–Kier alpha value is -4.13. The normalized spacial score (nSPS) is 17.1. The van der Waals surface area contributed by atoms with E-state index >= 15 is 0 Å². The summed E-state index contributed by atoms with van der Waals surface area (Å²) in [4.78, 5) is 39.1. The quantitative estimate of drug-likeness (QED) is 0.585. The molecule has 1 aliphatic carbocycles. The van der Waals surface area contributed by atoms with E-state index in [0.29, 0.717) is 12.0 Å². The first-order valence-electron chi connectivity index (χ1n) is 11.7. The van der Waals surface area contributed by atoms with Crippen LogP contribution in [0, 0.1) is 0 Å². The smallest absolute Gasteiger partial charge is 0.407 e. The van der Waals surface area contributed by atoms with Crippen LogP contribution in [0.5, 0.6) is 0 Å². The van der Waals surface area contributed by atoms with Crippen LogP contribution in [0.2, 0.25) is 0 Å². The highest BCUT2D eigenvalue weighted by Gasteiger charge is 2.38. The van der Waals surface area contributed by atoms with Crippen molar-refractivity contribution in [3.05, 3.63) is 95.1 Å². The number of alkyl carbamates (subject to hydrolysis) is 1. The fraction of sp³-hybridized carbons (Fsp3) is 0.250. The fourth-order valence-corrected chi connectivity index (χ4v) is 5.20. The molecular formula is C28H26N2O5. The predicted octanol–water partition coefficient (Wildman–Crippen LogP) is 4.12. The van der Waals surface area contributed by atoms with Crippen LogP contribution in [0.1, 0.15) is 41.1 Å². The van der Waals surface area contributed by atoms with E-state index in [-0.39, 0.29) is 19.1 Å². The van der Waals surface area contributed by atoms with Crippen molar-refractivity contribution in [1.82, 2.24) is 10.2 Å². The Morgan fingerprint density at radius 2 is 1.51 bits per heavy atom. The summed E-state index contributed by atoms with van der Waals surface area (Å²) in [6.45, 7) is 1.95. The van der Waals surface area contributed by atoms with Crippen molar-refractivity contribution in [1.29, 1.82) is 0 Å². The molecule has 2 aliphatic rings. The molecule has 2 N–H and O–H groups in total. The van der Waals surface area contributed by atoms with Crippen LogP contribution in [-0.4, -0.2) is 47.2 Å². The maximum absolute atomic E-state index is 13.1. The lowest BCUT2D eigenvalue weighted by atomic mass is 9.92. The van der Waals surface area contributed by atoms with Crippen molar-refractivity contribution in [2.75, 3.05) is 13.2 Å². The van der Waals surface area contributed by atoms with Gasteiger partial charge in [-0.25, -0.2) is 9.59 Å². The monoisotopic (exact) mass is 470 g/mol. The van der Waals surface area contributed by atoms with Crippen LogP contribution in [0.3, 0.4) is 0 Å². The molecule has 0 radical (unpaired) electrons. The first-order valence-corrected chi connectivity index (χ1v) is 11.7. The highest BCUT2D eigenvalue weighted by Crippen LogP contribution is 2.44. The zero-order chi connectivity index (χ0) is 24.5. The van der Waals surface area contributed by atoms with E-state index in [1.807, 2.05) is 48.5 Å². The molecule has 3 aromatic carbocycles. The Labute approximate surface area is 203 Å². The third kappa shape index (κ3) is 4.14. The minimum Gasteiger partial charge on any atom is -0.479 e. The van der Waals surface area contributed by atoms with Crippen molar-refractivity contribution < 1.29 is 24.2 Å². The highest BCUT2D eigenvalue weighted by atomic mass is 16.5. The summed E-state index contributed by atoms with van der Waals surface area (Å²) in [7, 11) is 0. The number of nitrogens with zero attached hydrogens (tertiary/aromatic N) is 1. The number of aliphatic carboxylic acids is 1. The number of fused-ring (bicyclic) bond motifs is 4. The van der Waals surface area contributed by atoms with E-state index in [0.717, 1.165) is 27.8 Å². The minimum atomic E-state index is -1.10. The molecule has 5 rings (SSSR count). The molecular weight excluding hydrogens is 444 g/mol. The molecule has 0 saturated heterocycles. The second-order valence-electron chi connectivity index (χ2n) is 8.91. The van der Waals surface area contributed by atoms with E-state index in [4.69, 9.17) is 4.74 Å². The molecule has 7 nitrogen and oxygen atoms in total. The molecule has 35 heavy (non-hydrogen) atoms.